The molecule has 0 fully saturated rings. The number of carbonyl (C=O) groups is 2. The number of carbonyl (C=O) groups excluding carboxylic acids is 2. The lowest BCUT2D eigenvalue weighted by Gasteiger charge is -2.14. The third kappa shape index (κ3) is 5.01. The van der Waals surface area contributed by atoms with Crippen molar-refractivity contribution in [1.29, 1.82) is 0 Å². The number of aromatic amines is 1. The van der Waals surface area contributed by atoms with E-state index in [0.717, 1.165) is 17.0 Å². The fourth-order valence-corrected chi connectivity index (χ4v) is 3.17. The number of halogens is 3. The van der Waals surface area contributed by atoms with E-state index in [2.05, 4.69) is 4.98 Å². The molecular weight excluding hydrogens is 373 g/mol. The molecule has 5 nitrogen and oxygen atoms in total. The summed E-state index contributed by atoms with van der Waals surface area (Å²) in [5.74, 6) is -0.776. The highest BCUT2D eigenvalue weighted by atomic mass is 19.4. The number of Topliss-reactive ketones (excluding diaryl/α,β-unsaturated/α-hetero) is 1. The maximum absolute atomic E-state index is 12.8. The number of ketones is 1. The van der Waals surface area contributed by atoms with Gasteiger partial charge in [-0.2, -0.15) is 13.2 Å². The topological polar surface area (TPSA) is 63.6 Å². The lowest BCUT2D eigenvalue weighted by Crippen LogP contribution is -3.08. The van der Waals surface area contributed by atoms with Gasteiger partial charge < -0.3 is 14.6 Å². The van der Waals surface area contributed by atoms with Crippen LogP contribution in [0, 0.1) is 13.8 Å². The molecule has 0 saturated carbocycles. The van der Waals surface area contributed by atoms with Gasteiger partial charge in [-0.3, -0.25) is 4.79 Å². The summed E-state index contributed by atoms with van der Waals surface area (Å²) in [6.45, 7) is 5.78. The maximum Gasteiger partial charge on any atom is 0.416 e. The number of ether oxygens (including phenoxy) is 1. The van der Waals surface area contributed by atoms with E-state index in [1.807, 2.05) is 0 Å². The second-order valence-electron chi connectivity index (χ2n) is 6.77. The highest BCUT2D eigenvalue weighted by molar-refractivity contribution is 6.08. The minimum atomic E-state index is -4.37. The van der Waals surface area contributed by atoms with E-state index >= 15 is 0 Å². The molecule has 0 aliphatic carbocycles. The summed E-state index contributed by atoms with van der Waals surface area (Å²) in [6, 6.07) is 4.88. The van der Waals surface area contributed by atoms with Crippen molar-refractivity contribution in [2.24, 2.45) is 0 Å². The van der Waals surface area contributed by atoms with Crippen LogP contribution >= 0.6 is 0 Å². The van der Waals surface area contributed by atoms with E-state index in [1.165, 1.54) is 12.1 Å². The monoisotopic (exact) mass is 397 g/mol. The number of benzene rings is 1. The van der Waals surface area contributed by atoms with Gasteiger partial charge in [0.25, 0.3) is 0 Å². The number of alkyl halides is 3. The van der Waals surface area contributed by atoms with Crippen LogP contribution in [-0.2, 0) is 17.5 Å². The molecule has 0 amide bonds. The molecule has 0 spiro atoms. The molecule has 1 unspecified atom stereocenters. The first kappa shape index (κ1) is 21.7. The van der Waals surface area contributed by atoms with Crippen LogP contribution in [-0.4, -0.2) is 36.9 Å². The zero-order valence-electron chi connectivity index (χ0n) is 16.3. The van der Waals surface area contributed by atoms with E-state index in [0.29, 0.717) is 29.1 Å². The van der Waals surface area contributed by atoms with Crippen LogP contribution < -0.4 is 4.90 Å². The predicted molar refractivity (Wildman–Crippen MR) is 97.5 cm³/mol. The molecule has 8 heteroatoms. The minimum absolute atomic E-state index is 0.0888. The molecule has 152 valence electrons. The molecule has 0 bridgehead atoms. The molecule has 0 radical (unpaired) electrons. The van der Waals surface area contributed by atoms with Crippen molar-refractivity contribution in [3.05, 3.63) is 57.9 Å². The van der Waals surface area contributed by atoms with Crippen molar-refractivity contribution in [2.75, 3.05) is 20.2 Å². The van der Waals surface area contributed by atoms with Crippen molar-refractivity contribution in [3.8, 4) is 0 Å². The highest BCUT2D eigenvalue weighted by Crippen LogP contribution is 2.29. The van der Waals surface area contributed by atoms with Gasteiger partial charge in [-0.25, -0.2) is 4.79 Å². The van der Waals surface area contributed by atoms with E-state index < -0.39 is 17.7 Å². The quantitative estimate of drug-likeness (QED) is 0.558. The van der Waals surface area contributed by atoms with Gasteiger partial charge in [0.15, 0.2) is 0 Å². The number of hydrogen-bond donors (Lipinski definition) is 2. The summed E-state index contributed by atoms with van der Waals surface area (Å²) in [5.41, 5.74) is 1.69. The Morgan fingerprint density at radius 3 is 2.18 bits per heavy atom. The zero-order chi connectivity index (χ0) is 21.1. The number of hydrogen-bond acceptors (Lipinski definition) is 3. The molecule has 1 aromatic carbocycles. The number of likely N-dealkylation sites (N-methyl/N-ethyl adjacent to an activating group) is 1. The summed E-state index contributed by atoms with van der Waals surface area (Å²) in [4.78, 5) is 28.8. The molecular formula is C20H24F3N2O3+. The van der Waals surface area contributed by atoms with Crippen molar-refractivity contribution in [2.45, 2.75) is 33.5 Å². The van der Waals surface area contributed by atoms with Gasteiger partial charge in [0, 0.05) is 17.0 Å². The van der Waals surface area contributed by atoms with Crippen molar-refractivity contribution >= 4 is 11.8 Å². The first-order chi connectivity index (χ1) is 13.0. The number of aromatic nitrogens is 1. The fraction of sp³-hybridized carbons (Fsp3) is 0.400. The van der Waals surface area contributed by atoms with E-state index in [-0.39, 0.29) is 24.5 Å². The molecule has 0 saturated heterocycles. The Morgan fingerprint density at radius 1 is 1.07 bits per heavy atom. The van der Waals surface area contributed by atoms with Gasteiger partial charge in [-0.1, -0.05) is 12.1 Å². The third-order valence-corrected chi connectivity index (χ3v) is 4.38. The molecule has 1 atom stereocenters. The number of quaternary nitrogens is 1. The highest BCUT2D eigenvalue weighted by Gasteiger charge is 2.30. The Hall–Kier alpha value is -2.61. The largest absolute Gasteiger partial charge is 0.462 e. The molecule has 28 heavy (non-hydrogen) atoms. The second-order valence-corrected chi connectivity index (χ2v) is 6.77. The van der Waals surface area contributed by atoms with Gasteiger partial charge in [0.05, 0.1) is 30.3 Å². The normalized spacial score (nSPS) is 12.7. The molecule has 2 N–H and O–H groups in total. The second kappa shape index (κ2) is 8.60. The number of rotatable bonds is 7. The first-order valence-electron chi connectivity index (χ1n) is 8.91. The fourth-order valence-electron chi connectivity index (χ4n) is 3.17. The van der Waals surface area contributed by atoms with E-state index in [9.17, 15) is 22.8 Å². The summed E-state index contributed by atoms with van der Waals surface area (Å²) < 4.78 is 43.0. The average Bonchev–Trinajstić information content (AvgIpc) is 2.88. The van der Waals surface area contributed by atoms with Crippen LogP contribution in [0.2, 0.25) is 0 Å². The van der Waals surface area contributed by atoms with Gasteiger partial charge in [0.2, 0.25) is 5.78 Å². The standard InChI is InChI=1S/C20H23F3N2O3/c1-5-28-19(27)18-13(3)24-12(2)17(18)16(26)11-25(4)10-14-6-8-15(9-7-14)20(21,22)23/h6-9,24H,5,10-11H2,1-4H3/p+1. The summed E-state index contributed by atoms with van der Waals surface area (Å²) in [5, 5.41) is 0. The molecule has 2 rings (SSSR count). The summed E-state index contributed by atoms with van der Waals surface area (Å²) in [6.07, 6.45) is -4.37. The summed E-state index contributed by atoms with van der Waals surface area (Å²) in [7, 11) is 1.77. The zero-order valence-corrected chi connectivity index (χ0v) is 16.3. The van der Waals surface area contributed by atoms with Crippen molar-refractivity contribution in [3.63, 3.8) is 0 Å². The third-order valence-electron chi connectivity index (χ3n) is 4.38. The number of esters is 1. The SMILES string of the molecule is CCOC(=O)c1c(C)[nH]c(C)c1C(=O)C[NH+](C)Cc1ccc(C(F)(F)F)cc1. The maximum atomic E-state index is 12.8. The van der Waals surface area contributed by atoms with Crippen molar-refractivity contribution < 1.29 is 32.4 Å². The Labute approximate surface area is 161 Å². The Kier molecular flexibility index (Phi) is 6.66. The van der Waals surface area contributed by atoms with Gasteiger partial charge in [0.1, 0.15) is 13.1 Å². The lowest BCUT2D eigenvalue weighted by molar-refractivity contribution is -0.884. The molecule has 0 aliphatic rings. The Morgan fingerprint density at radius 2 is 1.64 bits per heavy atom. The summed E-state index contributed by atoms with van der Waals surface area (Å²) >= 11 is 0. The molecule has 1 aromatic heterocycles. The Bertz CT molecular complexity index is 855. The first-order valence-corrected chi connectivity index (χ1v) is 8.91. The van der Waals surface area contributed by atoms with Crippen LogP contribution in [0.15, 0.2) is 24.3 Å². The number of aryl methyl sites for hydroxylation is 2. The number of H-pyrrole nitrogens is 1. The van der Waals surface area contributed by atoms with E-state index in [4.69, 9.17) is 4.74 Å². The molecule has 1 heterocycles. The van der Waals surface area contributed by atoms with Gasteiger partial charge >= 0.3 is 12.1 Å². The van der Waals surface area contributed by atoms with Gasteiger partial charge in [-0.05, 0) is 32.9 Å². The average molecular weight is 397 g/mol. The van der Waals surface area contributed by atoms with Crippen LogP contribution in [0.3, 0.4) is 0 Å². The van der Waals surface area contributed by atoms with Gasteiger partial charge in [-0.15, -0.1) is 0 Å². The van der Waals surface area contributed by atoms with E-state index in [1.54, 1.807) is 27.8 Å². The van der Waals surface area contributed by atoms with Crippen molar-refractivity contribution in [1.82, 2.24) is 4.98 Å². The minimum Gasteiger partial charge on any atom is -0.462 e. The van der Waals surface area contributed by atoms with Crippen LogP contribution in [0.25, 0.3) is 0 Å². The lowest BCUT2D eigenvalue weighted by atomic mass is 10.0. The Balaban J connectivity index is 2.12. The van der Waals surface area contributed by atoms with Crippen LogP contribution in [0.5, 0.6) is 0 Å². The smallest absolute Gasteiger partial charge is 0.416 e. The predicted octanol–water partition coefficient (Wildman–Crippen LogP) is 2.72. The van der Waals surface area contributed by atoms with Crippen LogP contribution in [0.1, 0.15) is 50.2 Å². The molecule has 0 aliphatic heterocycles. The number of nitrogens with one attached hydrogen (secondary N) is 2. The molecule has 2 aromatic rings. The van der Waals surface area contributed by atoms with Crippen LogP contribution in [0.4, 0.5) is 13.2 Å².